The summed E-state index contributed by atoms with van der Waals surface area (Å²) in [6.07, 6.45) is 10.4. The summed E-state index contributed by atoms with van der Waals surface area (Å²) in [6.45, 7) is 2.41. The molecule has 0 heterocycles. The molecule has 5 unspecified atom stereocenters. The zero-order chi connectivity index (χ0) is 10.5. The van der Waals surface area contributed by atoms with E-state index in [0.717, 1.165) is 18.3 Å². The molecule has 15 heavy (non-hydrogen) atoms. The van der Waals surface area contributed by atoms with Crippen LogP contribution >= 0.6 is 0 Å². The van der Waals surface area contributed by atoms with Crippen molar-refractivity contribution >= 4 is 0 Å². The summed E-state index contributed by atoms with van der Waals surface area (Å²) < 4.78 is 0. The van der Waals surface area contributed by atoms with Crippen LogP contribution in [0.2, 0.25) is 0 Å². The van der Waals surface area contributed by atoms with Gasteiger partial charge >= 0.3 is 0 Å². The van der Waals surface area contributed by atoms with Crippen molar-refractivity contribution < 1.29 is 5.11 Å². The smallest absolute Gasteiger partial charge is 0.0706 e. The van der Waals surface area contributed by atoms with Crippen molar-refractivity contribution in [2.75, 3.05) is 0 Å². The molecule has 0 aromatic heterocycles. The molecule has 0 aromatic carbocycles. The van der Waals surface area contributed by atoms with Gasteiger partial charge in [0.25, 0.3) is 0 Å². The Kier molecular flexibility index (Phi) is 2.35. The lowest BCUT2D eigenvalue weighted by Crippen LogP contribution is -2.56. The minimum absolute atomic E-state index is 0.255. The van der Waals surface area contributed by atoms with E-state index in [1.165, 1.54) is 44.9 Å². The minimum Gasteiger partial charge on any atom is -0.389 e. The lowest BCUT2D eigenvalue weighted by Gasteiger charge is -2.56. The number of rotatable bonds is 0. The standard InChI is InChI=1S/C14H24O/c1-10-11-5-4-6-12(9-11)14(15)8-3-2-7-13(10)14/h10-13,15H,2-9H2,1H3. The number of aliphatic hydroxyl groups is 1. The molecular formula is C14H24O. The fourth-order valence-corrected chi connectivity index (χ4v) is 4.92. The third-order valence-corrected chi connectivity index (χ3v) is 5.78. The van der Waals surface area contributed by atoms with Crippen LogP contribution in [0.3, 0.4) is 0 Å². The summed E-state index contributed by atoms with van der Waals surface area (Å²) in [5.74, 6) is 3.01. The molecule has 3 rings (SSSR count). The van der Waals surface area contributed by atoms with E-state index in [2.05, 4.69) is 6.92 Å². The molecule has 5 atom stereocenters. The Morgan fingerprint density at radius 1 is 1.07 bits per heavy atom. The van der Waals surface area contributed by atoms with E-state index in [1.807, 2.05) is 0 Å². The summed E-state index contributed by atoms with van der Waals surface area (Å²) >= 11 is 0. The quantitative estimate of drug-likeness (QED) is 0.647. The molecule has 0 aliphatic heterocycles. The van der Waals surface area contributed by atoms with Gasteiger partial charge in [0, 0.05) is 0 Å². The zero-order valence-electron chi connectivity index (χ0n) is 9.91. The predicted molar refractivity (Wildman–Crippen MR) is 61.5 cm³/mol. The molecule has 3 aliphatic rings. The van der Waals surface area contributed by atoms with Crippen LogP contribution in [0.15, 0.2) is 0 Å². The zero-order valence-corrected chi connectivity index (χ0v) is 9.91. The van der Waals surface area contributed by atoms with Crippen LogP contribution in [0.4, 0.5) is 0 Å². The Labute approximate surface area is 93.3 Å². The Morgan fingerprint density at radius 3 is 2.80 bits per heavy atom. The SMILES string of the molecule is CC1C2CCCC(C2)C2(O)CCCCC12. The van der Waals surface area contributed by atoms with Crippen molar-refractivity contribution in [2.45, 2.75) is 63.9 Å². The van der Waals surface area contributed by atoms with E-state index in [1.54, 1.807) is 0 Å². The second-order valence-electron chi connectivity index (χ2n) is 6.33. The van der Waals surface area contributed by atoms with E-state index in [9.17, 15) is 5.11 Å². The van der Waals surface area contributed by atoms with E-state index in [-0.39, 0.29) is 5.60 Å². The van der Waals surface area contributed by atoms with E-state index in [0.29, 0.717) is 11.8 Å². The van der Waals surface area contributed by atoms with Crippen LogP contribution < -0.4 is 0 Å². The van der Waals surface area contributed by atoms with E-state index >= 15 is 0 Å². The van der Waals surface area contributed by atoms with Crippen LogP contribution in [-0.4, -0.2) is 10.7 Å². The first kappa shape index (κ1) is 10.1. The third kappa shape index (κ3) is 1.39. The highest BCUT2D eigenvalue weighted by molar-refractivity contribution is 5.04. The fraction of sp³-hybridized carbons (Fsp3) is 1.00. The van der Waals surface area contributed by atoms with Crippen LogP contribution in [-0.2, 0) is 0 Å². The Balaban J connectivity index is 1.91. The molecule has 3 saturated carbocycles. The van der Waals surface area contributed by atoms with E-state index < -0.39 is 0 Å². The monoisotopic (exact) mass is 208 g/mol. The molecular weight excluding hydrogens is 184 g/mol. The van der Waals surface area contributed by atoms with Gasteiger partial charge in [0.1, 0.15) is 0 Å². The molecule has 0 spiro atoms. The molecule has 86 valence electrons. The Bertz CT molecular complexity index is 250. The second kappa shape index (κ2) is 3.48. The molecule has 1 nitrogen and oxygen atoms in total. The summed E-state index contributed by atoms with van der Waals surface area (Å²) in [5, 5.41) is 11.0. The van der Waals surface area contributed by atoms with Gasteiger partial charge in [-0.3, -0.25) is 0 Å². The van der Waals surface area contributed by atoms with Crippen LogP contribution in [0, 0.1) is 23.7 Å². The lowest BCUT2D eigenvalue weighted by molar-refractivity contribution is -0.166. The van der Waals surface area contributed by atoms with Gasteiger partial charge in [-0.2, -0.15) is 0 Å². The Morgan fingerprint density at radius 2 is 1.93 bits per heavy atom. The largest absolute Gasteiger partial charge is 0.389 e. The van der Waals surface area contributed by atoms with Crippen LogP contribution in [0.1, 0.15) is 58.3 Å². The minimum atomic E-state index is -0.255. The highest BCUT2D eigenvalue weighted by Gasteiger charge is 2.53. The van der Waals surface area contributed by atoms with Gasteiger partial charge in [-0.1, -0.05) is 32.6 Å². The third-order valence-electron chi connectivity index (χ3n) is 5.78. The van der Waals surface area contributed by atoms with Crippen LogP contribution in [0.25, 0.3) is 0 Å². The van der Waals surface area contributed by atoms with Gasteiger partial charge in [-0.15, -0.1) is 0 Å². The molecule has 0 radical (unpaired) electrons. The van der Waals surface area contributed by atoms with E-state index in [4.69, 9.17) is 0 Å². The molecule has 3 aliphatic carbocycles. The highest BCUT2D eigenvalue weighted by Crippen LogP contribution is 2.56. The first-order chi connectivity index (χ1) is 7.22. The number of hydrogen-bond donors (Lipinski definition) is 1. The second-order valence-corrected chi connectivity index (χ2v) is 6.33. The average Bonchev–Trinajstić information content (AvgIpc) is 2.28. The number of hydrogen-bond acceptors (Lipinski definition) is 1. The topological polar surface area (TPSA) is 20.2 Å². The molecule has 2 bridgehead atoms. The van der Waals surface area contributed by atoms with Gasteiger partial charge in [0.05, 0.1) is 5.60 Å². The maximum atomic E-state index is 11.0. The number of fused-ring (bicyclic) bond motifs is 4. The molecule has 3 fully saturated rings. The van der Waals surface area contributed by atoms with Crippen molar-refractivity contribution in [3.05, 3.63) is 0 Å². The van der Waals surface area contributed by atoms with Crippen molar-refractivity contribution in [2.24, 2.45) is 23.7 Å². The normalized spacial score (nSPS) is 54.8. The van der Waals surface area contributed by atoms with Crippen molar-refractivity contribution in [1.29, 1.82) is 0 Å². The summed E-state index contributed by atoms with van der Waals surface area (Å²) in [4.78, 5) is 0. The van der Waals surface area contributed by atoms with Crippen molar-refractivity contribution in [1.82, 2.24) is 0 Å². The van der Waals surface area contributed by atoms with Gasteiger partial charge in [-0.05, 0) is 49.4 Å². The van der Waals surface area contributed by atoms with Crippen LogP contribution in [0.5, 0.6) is 0 Å². The molecule has 1 heteroatoms. The molecule has 0 saturated heterocycles. The maximum absolute atomic E-state index is 11.0. The van der Waals surface area contributed by atoms with Crippen molar-refractivity contribution in [3.63, 3.8) is 0 Å². The maximum Gasteiger partial charge on any atom is 0.0706 e. The van der Waals surface area contributed by atoms with Crippen molar-refractivity contribution in [3.8, 4) is 0 Å². The molecule has 1 N–H and O–H groups in total. The predicted octanol–water partition coefficient (Wildman–Crippen LogP) is 3.36. The molecule has 0 amide bonds. The van der Waals surface area contributed by atoms with Gasteiger partial charge in [0.2, 0.25) is 0 Å². The first-order valence-corrected chi connectivity index (χ1v) is 6.94. The fourth-order valence-electron chi connectivity index (χ4n) is 4.92. The van der Waals surface area contributed by atoms with Gasteiger partial charge < -0.3 is 5.11 Å². The lowest BCUT2D eigenvalue weighted by atomic mass is 9.52. The average molecular weight is 208 g/mol. The molecule has 0 aromatic rings. The summed E-state index contributed by atoms with van der Waals surface area (Å²) in [7, 11) is 0. The highest BCUT2D eigenvalue weighted by atomic mass is 16.3. The Hall–Kier alpha value is -0.0400. The summed E-state index contributed by atoms with van der Waals surface area (Å²) in [6, 6.07) is 0. The van der Waals surface area contributed by atoms with Gasteiger partial charge in [0.15, 0.2) is 0 Å². The first-order valence-electron chi connectivity index (χ1n) is 6.94. The summed E-state index contributed by atoms with van der Waals surface area (Å²) in [5.41, 5.74) is -0.255. The van der Waals surface area contributed by atoms with Gasteiger partial charge in [-0.25, -0.2) is 0 Å².